The van der Waals surface area contributed by atoms with E-state index >= 15 is 0 Å². The molecule has 0 fully saturated rings. The molecule has 0 aliphatic heterocycles. The fourth-order valence-electron chi connectivity index (χ4n) is 4.81. The molecule has 0 saturated heterocycles. The zero-order valence-corrected chi connectivity index (χ0v) is 20.5. The number of nitrogens with zero attached hydrogens (tertiary/aromatic N) is 3. The fraction of sp³-hybridized carbons (Fsp3) is 0.0294. The van der Waals surface area contributed by atoms with Gasteiger partial charge in [0, 0.05) is 35.5 Å². The minimum absolute atomic E-state index is 0.661. The first kappa shape index (κ1) is 22.4. The monoisotopic (exact) mass is 475 g/mol. The minimum atomic E-state index is 0.661. The largest absolute Gasteiger partial charge is 0.345 e. The van der Waals surface area contributed by atoms with Crippen LogP contribution in [0.15, 0.2) is 133 Å². The Balaban J connectivity index is 1.42. The lowest BCUT2D eigenvalue weighted by atomic mass is 10.1. The van der Waals surface area contributed by atoms with E-state index in [1.54, 1.807) is 0 Å². The maximum atomic E-state index is 9.10. The molecule has 6 aromatic rings. The highest BCUT2D eigenvalue weighted by Gasteiger charge is 2.14. The maximum absolute atomic E-state index is 9.10. The van der Waals surface area contributed by atoms with Gasteiger partial charge in [-0.15, -0.1) is 0 Å². The third-order valence-electron chi connectivity index (χ3n) is 6.86. The van der Waals surface area contributed by atoms with Gasteiger partial charge in [-0.1, -0.05) is 60.7 Å². The van der Waals surface area contributed by atoms with Crippen LogP contribution in [0, 0.1) is 11.3 Å². The molecule has 6 aromatic carbocycles. The summed E-state index contributed by atoms with van der Waals surface area (Å²) < 4.78 is 0. The van der Waals surface area contributed by atoms with Crippen LogP contribution >= 0.6 is 0 Å². The normalized spacial score (nSPS) is 10.8. The molecule has 0 unspecified atom stereocenters. The molecule has 0 saturated carbocycles. The van der Waals surface area contributed by atoms with Gasteiger partial charge in [0.05, 0.1) is 11.6 Å². The minimum Gasteiger partial charge on any atom is -0.345 e. The van der Waals surface area contributed by atoms with Gasteiger partial charge in [-0.05, 0) is 94.3 Å². The molecule has 3 nitrogen and oxygen atoms in total. The Kier molecular flexibility index (Phi) is 5.77. The average molecular weight is 476 g/mol. The van der Waals surface area contributed by atoms with Crippen LogP contribution in [0.2, 0.25) is 0 Å². The molecule has 0 atom stereocenters. The van der Waals surface area contributed by atoms with Crippen LogP contribution in [0.3, 0.4) is 0 Å². The Labute approximate surface area is 217 Å². The highest BCUT2D eigenvalue weighted by Crippen LogP contribution is 2.38. The lowest BCUT2D eigenvalue weighted by Gasteiger charge is -2.27. The standard InChI is InChI=1S/C34H25N3/c1-36(30-14-10-25(24-35)11-15-30)31-18-20-32(21-19-31)37(33-16-12-26-6-2-4-8-28(26)22-33)34-17-13-27-7-3-5-9-29(27)23-34/h2-23H,1H3. The van der Waals surface area contributed by atoms with Crippen molar-refractivity contribution in [2.24, 2.45) is 0 Å². The molecule has 0 heterocycles. The molecule has 0 amide bonds. The van der Waals surface area contributed by atoms with Crippen LogP contribution < -0.4 is 9.80 Å². The van der Waals surface area contributed by atoms with Crippen molar-refractivity contribution in [3.05, 3.63) is 139 Å². The number of fused-ring (bicyclic) bond motifs is 2. The number of rotatable bonds is 5. The van der Waals surface area contributed by atoms with E-state index in [1.807, 2.05) is 31.3 Å². The van der Waals surface area contributed by atoms with E-state index in [9.17, 15) is 0 Å². The fourth-order valence-corrected chi connectivity index (χ4v) is 4.81. The molecule has 0 bridgehead atoms. The zero-order valence-electron chi connectivity index (χ0n) is 20.5. The first-order chi connectivity index (χ1) is 18.2. The third-order valence-corrected chi connectivity index (χ3v) is 6.86. The van der Waals surface area contributed by atoms with E-state index in [4.69, 9.17) is 5.26 Å². The molecule has 37 heavy (non-hydrogen) atoms. The SMILES string of the molecule is CN(c1ccc(C#N)cc1)c1ccc(N(c2ccc3ccccc3c2)c2ccc3ccccc3c2)cc1. The van der Waals surface area contributed by atoms with Crippen molar-refractivity contribution in [3.63, 3.8) is 0 Å². The van der Waals surface area contributed by atoms with Crippen molar-refractivity contribution in [2.75, 3.05) is 16.8 Å². The van der Waals surface area contributed by atoms with Gasteiger partial charge in [0.15, 0.2) is 0 Å². The highest BCUT2D eigenvalue weighted by atomic mass is 15.1. The first-order valence-corrected chi connectivity index (χ1v) is 12.3. The Morgan fingerprint density at radius 1 is 0.459 bits per heavy atom. The maximum Gasteiger partial charge on any atom is 0.0991 e. The summed E-state index contributed by atoms with van der Waals surface area (Å²) in [7, 11) is 2.04. The molecule has 0 aliphatic carbocycles. The lowest BCUT2D eigenvalue weighted by Crippen LogP contribution is -2.12. The molecule has 6 rings (SSSR count). The van der Waals surface area contributed by atoms with Crippen LogP contribution in [0.5, 0.6) is 0 Å². The summed E-state index contributed by atoms with van der Waals surface area (Å²) in [5.41, 5.74) is 6.08. The Morgan fingerprint density at radius 2 is 0.865 bits per heavy atom. The zero-order chi connectivity index (χ0) is 25.2. The van der Waals surface area contributed by atoms with Gasteiger partial charge >= 0.3 is 0 Å². The summed E-state index contributed by atoms with van der Waals surface area (Å²) in [4.78, 5) is 4.44. The van der Waals surface area contributed by atoms with E-state index in [0.717, 1.165) is 28.4 Å². The summed E-state index contributed by atoms with van der Waals surface area (Å²) in [6.07, 6.45) is 0. The van der Waals surface area contributed by atoms with Crippen molar-refractivity contribution < 1.29 is 0 Å². The van der Waals surface area contributed by atoms with Crippen molar-refractivity contribution in [1.29, 1.82) is 5.26 Å². The second-order valence-corrected chi connectivity index (χ2v) is 9.13. The Morgan fingerprint density at radius 3 is 1.35 bits per heavy atom. The summed E-state index contributed by atoms with van der Waals surface area (Å²) in [5, 5.41) is 14.0. The third kappa shape index (κ3) is 4.37. The van der Waals surface area contributed by atoms with Gasteiger partial charge in [-0.25, -0.2) is 0 Å². The van der Waals surface area contributed by atoms with Crippen molar-refractivity contribution in [2.45, 2.75) is 0 Å². The van der Waals surface area contributed by atoms with Gasteiger partial charge in [-0.2, -0.15) is 5.26 Å². The topological polar surface area (TPSA) is 30.3 Å². The smallest absolute Gasteiger partial charge is 0.0991 e. The first-order valence-electron chi connectivity index (χ1n) is 12.3. The molecule has 0 radical (unpaired) electrons. The molecular formula is C34H25N3. The van der Waals surface area contributed by atoms with Crippen molar-refractivity contribution in [3.8, 4) is 6.07 Å². The van der Waals surface area contributed by atoms with E-state index in [1.165, 1.54) is 21.5 Å². The van der Waals surface area contributed by atoms with Crippen LogP contribution in [0.4, 0.5) is 28.4 Å². The predicted octanol–water partition coefficient (Wildman–Crippen LogP) is 9.10. The van der Waals surface area contributed by atoms with Gasteiger partial charge in [0.25, 0.3) is 0 Å². The molecule has 0 N–H and O–H groups in total. The van der Waals surface area contributed by atoms with E-state index in [0.29, 0.717) is 5.56 Å². The summed E-state index contributed by atoms with van der Waals surface area (Å²) in [6.45, 7) is 0. The summed E-state index contributed by atoms with van der Waals surface area (Å²) in [5.74, 6) is 0. The Bertz CT molecular complexity index is 1670. The highest BCUT2D eigenvalue weighted by molar-refractivity contribution is 5.92. The van der Waals surface area contributed by atoms with Crippen molar-refractivity contribution >= 4 is 50.0 Å². The second kappa shape index (κ2) is 9.53. The van der Waals surface area contributed by atoms with Crippen LogP contribution in [-0.2, 0) is 0 Å². The predicted molar refractivity (Wildman–Crippen MR) is 155 cm³/mol. The van der Waals surface area contributed by atoms with Crippen LogP contribution in [0.25, 0.3) is 21.5 Å². The molecule has 3 heteroatoms. The van der Waals surface area contributed by atoms with Gasteiger partial charge in [0.1, 0.15) is 0 Å². The number of hydrogen-bond acceptors (Lipinski definition) is 3. The number of benzene rings is 6. The molecular weight excluding hydrogens is 450 g/mol. The quantitative estimate of drug-likeness (QED) is 0.249. The molecule has 176 valence electrons. The van der Waals surface area contributed by atoms with E-state index in [2.05, 4.69) is 125 Å². The van der Waals surface area contributed by atoms with Gasteiger partial charge < -0.3 is 9.80 Å². The number of anilines is 5. The van der Waals surface area contributed by atoms with Crippen LogP contribution in [0.1, 0.15) is 5.56 Å². The summed E-state index contributed by atoms with van der Waals surface area (Å²) in [6, 6.07) is 48.6. The van der Waals surface area contributed by atoms with Crippen LogP contribution in [-0.4, -0.2) is 7.05 Å². The molecule has 0 aliphatic rings. The van der Waals surface area contributed by atoms with E-state index < -0.39 is 0 Å². The van der Waals surface area contributed by atoms with Crippen molar-refractivity contribution in [1.82, 2.24) is 0 Å². The number of nitriles is 1. The van der Waals surface area contributed by atoms with Gasteiger partial charge in [-0.3, -0.25) is 0 Å². The lowest BCUT2D eigenvalue weighted by molar-refractivity contribution is 1.20. The number of hydrogen-bond donors (Lipinski definition) is 0. The Hall–Kier alpha value is -5.07. The summed E-state index contributed by atoms with van der Waals surface area (Å²) >= 11 is 0. The molecule has 0 aromatic heterocycles. The van der Waals surface area contributed by atoms with E-state index in [-0.39, 0.29) is 0 Å². The van der Waals surface area contributed by atoms with Gasteiger partial charge in [0.2, 0.25) is 0 Å². The second-order valence-electron chi connectivity index (χ2n) is 9.13. The molecule has 0 spiro atoms. The average Bonchev–Trinajstić information content (AvgIpc) is 2.97.